The van der Waals surface area contributed by atoms with Crippen molar-refractivity contribution in [3.05, 3.63) is 34.0 Å². The van der Waals surface area contributed by atoms with Gasteiger partial charge in [0.15, 0.2) is 11.5 Å². The van der Waals surface area contributed by atoms with Crippen LogP contribution in [0.2, 0.25) is 5.02 Å². The Bertz CT molecular complexity index is 791. The summed E-state index contributed by atoms with van der Waals surface area (Å²) in [4.78, 5) is 34.9. The molecule has 1 aliphatic rings. The summed E-state index contributed by atoms with van der Waals surface area (Å²) in [6.07, 6.45) is 0. The Morgan fingerprint density at radius 2 is 2.00 bits per heavy atom. The van der Waals surface area contributed by atoms with Gasteiger partial charge in [0.25, 0.3) is 0 Å². The number of aliphatic carboxylic acids is 1. The first-order valence-electron chi connectivity index (χ1n) is 7.35. The third-order valence-corrected chi connectivity index (χ3v) is 3.81. The van der Waals surface area contributed by atoms with Gasteiger partial charge in [-0.2, -0.15) is 0 Å². The highest BCUT2D eigenvalue weighted by atomic mass is 35.5. The van der Waals surface area contributed by atoms with E-state index < -0.39 is 30.6 Å². The van der Waals surface area contributed by atoms with E-state index in [1.807, 2.05) is 0 Å². The van der Waals surface area contributed by atoms with Crippen LogP contribution < -0.4 is 25.2 Å². The van der Waals surface area contributed by atoms with Crippen molar-refractivity contribution in [2.75, 3.05) is 20.8 Å². The highest BCUT2D eigenvalue weighted by Gasteiger charge is 2.35. The van der Waals surface area contributed by atoms with Crippen LogP contribution >= 0.6 is 11.6 Å². The molecule has 0 spiro atoms. The van der Waals surface area contributed by atoms with Gasteiger partial charge in [-0.05, 0) is 13.0 Å². The largest absolute Gasteiger partial charge is 0.546 e. The Balaban J connectivity index is 2.65. The van der Waals surface area contributed by atoms with Crippen LogP contribution in [0.3, 0.4) is 0 Å². The third kappa shape index (κ3) is 3.99. The van der Waals surface area contributed by atoms with Gasteiger partial charge < -0.3 is 34.7 Å². The molecule has 1 atom stereocenters. The summed E-state index contributed by atoms with van der Waals surface area (Å²) in [7, 11) is 2.53. The number of hydrogen-bond acceptors (Lipinski definition) is 7. The van der Waals surface area contributed by atoms with E-state index in [-0.39, 0.29) is 33.4 Å². The predicted molar refractivity (Wildman–Crippen MR) is 87.6 cm³/mol. The lowest BCUT2D eigenvalue weighted by Gasteiger charge is -2.29. The van der Waals surface area contributed by atoms with Gasteiger partial charge in [0.2, 0.25) is 0 Å². The Morgan fingerprint density at radius 3 is 2.58 bits per heavy atom. The normalized spacial score (nSPS) is 16.5. The molecular formula is C16H16ClN2O7-. The van der Waals surface area contributed by atoms with Gasteiger partial charge in [-0.25, -0.2) is 9.59 Å². The fraction of sp³-hybridized carbons (Fsp3) is 0.312. The van der Waals surface area contributed by atoms with E-state index >= 15 is 0 Å². The molecule has 0 aromatic heterocycles. The number of nitrogens with one attached hydrogen (secondary N) is 2. The topological polar surface area (TPSA) is 126 Å². The maximum absolute atomic E-state index is 12.2. The molecule has 26 heavy (non-hydrogen) atoms. The second kappa shape index (κ2) is 7.96. The van der Waals surface area contributed by atoms with Crippen molar-refractivity contribution in [2.24, 2.45) is 0 Å². The summed E-state index contributed by atoms with van der Waals surface area (Å²) in [5.41, 5.74) is 0.607. The lowest BCUT2D eigenvalue weighted by Crippen LogP contribution is -2.45. The summed E-state index contributed by atoms with van der Waals surface area (Å²) in [6.45, 7) is 0.766. The first kappa shape index (κ1) is 19.4. The first-order chi connectivity index (χ1) is 12.3. The van der Waals surface area contributed by atoms with E-state index in [0.29, 0.717) is 0 Å². The molecule has 0 saturated carbocycles. The molecule has 1 aromatic carbocycles. The van der Waals surface area contributed by atoms with E-state index in [0.717, 1.165) is 0 Å². The predicted octanol–water partition coefficient (Wildman–Crippen LogP) is 0.278. The Labute approximate surface area is 153 Å². The van der Waals surface area contributed by atoms with Gasteiger partial charge in [0, 0.05) is 22.3 Å². The van der Waals surface area contributed by atoms with E-state index in [2.05, 4.69) is 10.6 Å². The molecule has 1 aromatic rings. The SMILES string of the molecule is COC(=O)C1=C(C)NC(=O)N[C@@H]1c1cc(Cl)cc(OC)c1OCC(=O)[O-]. The lowest BCUT2D eigenvalue weighted by molar-refractivity contribution is -0.307. The number of hydrogen-bond donors (Lipinski definition) is 2. The quantitative estimate of drug-likeness (QED) is 0.675. The van der Waals surface area contributed by atoms with E-state index in [1.165, 1.54) is 33.3 Å². The highest BCUT2D eigenvalue weighted by molar-refractivity contribution is 6.30. The molecule has 0 unspecified atom stereocenters. The Hall–Kier alpha value is -2.94. The van der Waals surface area contributed by atoms with Crippen LogP contribution in [0.15, 0.2) is 23.4 Å². The minimum absolute atomic E-state index is 0.00232. The van der Waals surface area contributed by atoms with Gasteiger partial charge in [-0.3, -0.25) is 0 Å². The number of halogens is 1. The number of esters is 1. The molecule has 10 heteroatoms. The molecule has 0 bridgehead atoms. The van der Waals surface area contributed by atoms with Crippen molar-refractivity contribution in [1.29, 1.82) is 0 Å². The number of carboxylic acid groups (broad SMARTS) is 1. The zero-order valence-electron chi connectivity index (χ0n) is 14.2. The first-order valence-corrected chi connectivity index (χ1v) is 7.73. The molecule has 2 rings (SSSR count). The van der Waals surface area contributed by atoms with Crippen molar-refractivity contribution >= 4 is 29.6 Å². The van der Waals surface area contributed by atoms with E-state index in [4.69, 9.17) is 25.8 Å². The Kier molecular flexibility index (Phi) is 5.93. The molecule has 140 valence electrons. The number of carbonyl (C=O) groups is 3. The number of carbonyl (C=O) groups excluding carboxylic acids is 3. The van der Waals surface area contributed by atoms with Crippen LogP contribution in [0.5, 0.6) is 11.5 Å². The van der Waals surface area contributed by atoms with Crippen molar-refractivity contribution < 1.29 is 33.7 Å². The number of allylic oxidation sites excluding steroid dienone is 1. The van der Waals surface area contributed by atoms with Gasteiger partial charge in [0.05, 0.1) is 31.8 Å². The molecule has 2 N–H and O–H groups in total. The highest BCUT2D eigenvalue weighted by Crippen LogP contribution is 2.41. The number of carboxylic acids is 1. The minimum Gasteiger partial charge on any atom is -0.546 e. The average Bonchev–Trinajstić information content (AvgIpc) is 2.58. The van der Waals surface area contributed by atoms with Gasteiger partial charge in [0.1, 0.15) is 6.61 Å². The lowest BCUT2D eigenvalue weighted by atomic mass is 9.94. The van der Waals surface area contributed by atoms with Crippen LogP contribution in [0.25, 0.3) is 0 Å². The summed E-state index contributed by atoms with van der Waals surface area (Å²) in [5, 5.41) is 16.1. The molecule has 0 radical (unpaired) electrons. The number of methoxy groups -OCH3 is 2. The molecule has 1 heterocycles. The summed E-state index contributed by atoms with van der Waals surface area (Å²) >= 11 is 6.09. The van der Waals surface area contributed by atoms with Crippen molar-refractivity contribution in [1.82, 2.24) is 10.6 Å². The molecule has 0 fully saturated rings. The second-order valence-corrected chi connectivity index (χ2v) is 5.69. The van der Waals surface area contributed by atoms with Gasteiger partial charge in [-0.15, -0.1) is 0 Å². The zero-order valence-corrected chi connectivity index (χ0v) is 14.9. The van der Waals surface area contributed by atoms with Crippen LogP contribution in [-0.4, -0.2) is 38.8 Å². The van der Waals surface area contributed by atoms with Gasteiger partial charge >= 0.3 is 12.0 Å². The number of amides is 2. The molecule has 0 aliphatic carbocycles. The maximum atomic E-state index is 12.2. The number of ether oxygens (including phenoxy) is 3. The second-order valence-electron chi connectivity index (χ2n) is 5.25. The third-order valence-electron chi connectivity index (χ3n) is 3.59. The summed E-state index contributed by atoms with van der Waals surface area (Å²) < 4.78 is 15.2. The monoisotopic (exact) mass is 383 g/mol. The standard InChI is InChI=1S/C16H17ClN2O7/c1-7-12(15(22)25-3)13(19-16(23)18-7)9-4-8(17)5-10(24-2)14(9)26-6-11(20)21/h4-5,13H,6H2,1-3H3,(H,20,21)(H2,18,19,23)/p-1/t13-/m1/s1. The molecule has 2 amide bonds. The molecule has 0 saturated heterocycles. The van der Waals surface area contributed by atoms with Crippen molar-refractivity contribution in [3.8, 4) is 11.5 Å². The van der Waals surface area contributed by atoms with Crippen LogP contribution in [0.1, 0.15) is 18.5 Å². The maximum Gasteiger partial charge on any atom is 0.337 e. The number of rotatable bonds is 6. The fourth-order valence-electron chi connectivity index (χ4n) is 2.55. The molecule has 9 nitrogen and oxygen atoms in total. The summed E-state index contributed by atoms with van der Waals surface area (Å²) in [6, 6.07) is 1.28. The van der Waals surface area contributed by atoms with Crippen LogP contribution in [0.4, 0.5) is 4.79 Å². The smallest absolute Gasteiger partial charge is 0.337 e. The Morgan fingerprint density at radius 1 is 1.31 bits per heavy atom. The summed E-state index contributed by atoms with van der Waals surface area (Å²) in [5.74, 6) is -2.02. The van der Waals surface area contributed by atoms with Gasteiger partial charge in [-0.1, -0.05) is 11.6 Å². The molecular weight excluding hydrogens is 368 g/mol. The minimum atomic E-state index is -1.46. The molecule has 1 aliphatic heterocycles. The van der Waals surface area contributed by atoms with E-state index in [9.17, 15) is 19.5 Å². The number of benzene rings is 1. The van der Waals surface area contributed by atoms with Crippen molar-refractivity contribution in [2.45, 2.75) is 13.0 Å². The van der Waals surface area contributed by atoms with Crippen LogP contribution in [-0.2, 0) is 14.3 Å². The van der Waals surface area contributed by atoms with Crippen LogP contribution in [0, 0.1) is 0 Å². The average molecular weight is 384 g/mol. The van der Waals surface area contributed by atoms with E-state index in [1.54, 1.807) is 0 Å². The number of urea groups is 1. The fourth-order valence-corrected chi connectivity index (χ4v) is 2.76. The zero-order chi connectivity index (χ0) is 19.4. The van der Waals surface area contributed by atoms with Crippen molar-refractivity contribution in [3.63, 3.8) is 0 Å².